The first kappa shape index (κ1) is 29.0. The number of para-hydroxylation sites is 2. The van der Waals surface area contributed by atoms with Gasteiger partial charge in [0, 0.05) is 38.4 Å². The fourth-order valence-corrected chi connectivity index (χ4v) is 7.31. The number of nitrogens with zero attached hydrogens (tertiary/aromatic N) is 5. The van der Waals surface area contributed by atoms with Gasteiger partial charge in [0.1, 0.15) is 10.6 Å². The molecule has 236 valence electrons. The lowest BCUT2D eigenvalue weighted by Gasteiger charge is -2.12. The van der Waals surface area contributed by atoms with Crippen molar-refractivity contribution in [3.63, 3.8) is 0 Å². The maximum Gasteiger partial charge on any atom is 0.238 e. The summed E-state index contributed by atoms with van der Waals surface area (Å²) in [5, 5.41) is 4.14. The Hall–Kier alpha value is -6.16. The molecule has 1 unspecified atom stereocenters. The van der Waals surface area contributed by atoms with Crippen LogP contribution < -0.4 is 4.74 Å². The minimum atomic E-state index is -2.23. The Bertz CT molecular complexity index is 2680. The summed E-state index contributed by atoms with van der Waals surface area (Å²) >= 11 is -2.23. The fraction of sp³-hybridized carbons (Fsp3) is 0.0250. The van der Waals surface area contributed by atoms with Gasteiger partial charge in [-0.25, -0.2) is 9.19 Å². The van der Waals surface area contributed by atoms with Crippen LogP contribution in [0.4, 0.5) is 0 Å². The third kappa shape index (κ3) is 4.70. The molecule has 1 atom stereocenters. The first-order valence-corrected chi connectivity index (χ1v) is 16.8. The minimum absolute atomic E-state index is 0.210. The molecular weight excluding hydrogens is 631 g/mol. The summed E-state index contributed by atoms with van der Waals surface area (Å²) in [6.07, 6.45) is 0. The van der Waals surface area contributed by atoms with Crippen LogP contribution in [0.25, 0.3) is 78.0 Å². The first-order chi connectivity index (χ1) is 24.1. The molecule has 0 saturated carbocycles. The lowest BCUT2D eigenvalue weighted by atomic mass is 10.1. The van der Waals surface area contributed by atoms with Gasteiger partial charge in [-0.05, 0) is 42.5 Å². The number of ether oxygens (including phenoxy) is 1. The molecule has 3 heterocycles. The van der Waals surface area contributed by atoms with E-state index in [-0.39, 0.29) is 4.90 Å². The molecule has 0 aliphatic rings. The molecule has 8 nitrogen and oxygen atoms in total. The number of methoxy groups -OCH3 is 1. The Morgan fingerprint density at radius 1 is 0.551 bits per heavy atom. The molecule has 6 aromatic carbocycles. The second-order valence-electron chi connectivity index (χ2n) is 11.7. The van der Waals surface area contributed by atoms with Crippen LogP contribution in [0, 0.1) is 0 Å². The molecule has 0 bridgehead atoms. The van der Waals surface area contributed by atoms with E-state index in [1.807, 2.05) is 91.0 Å². The van der Waals surface area contributed by atoms with Crippen LogP contribution in [-0.2, 0) is 11.1 Å². The highest BCUT2D eigenvalue weighted by Gasteiger charge is 2.21. The summed E-state index contributed by atoms with van der Waals surface area (Å²) in [5.41, 5.74) is 6.40. The first-order valence-electron chi connectivity index (χ1n) is 15.7. The molecule has 9 heteroatoms. The molecular formula is C40H27N5O3S. The van der Waals surface area contributed by atoms with Crippen LogP contribution >= 0.6 is 0 Å². The molecule has 0 aliphatic carbocycles. The molecule has 9 aromatic rings. The average Bonchev–Trinajstić information content (AvgIpc) is 3.66. The maximum atomic E-state index is 12.3. The van der Waals surface area contributed by atoms with Gasteiger partial charge in [0.05, 0.1) is 29.2 Å². The quantitative estimate of drug-likeness (QED) is 0.179. The van der Waals surface area contributed by atoms with Crippen LogP contribution in [0.5, 0.6) is 5.75 Å². The minimum Gasteiger partial charge on any atom is -0.495 e. The van der Waals surface area contributed by atoms with E-state index in [2.05, 4.69) is 45.5 Å². The molecule has 0 spiro atoms. The van der Waals surface area contributed by atoms with Crippen molar-refractivity contribution < 1.29 is 13.5 Å². The van der Waals surface area contributed by atoms with Gasteiger partial charge in [-0.1, -0.05) is 97.1 Å². The molecule has 0 fully saturated rings. The predicted molar refractivity (Wildman–Crippen MR) is 195 cm³/mol. The van der Waals surface area contributed by atoms with Gasteiger partial charge in [0.2, 0.25) is 5.95 Å². The zero-order chi connectivity index (χ0) is 33.1. The van der Waals surface area contributed by atoms with Gasteiger partial charge in [-0.3, -0.25) is 4.57 Å². The van der Waals surface area contributed by atoms with Crippen molar-refractivity contribution in [3.8, 4) is 40.2 Å². The van der Waals surface area contributed by atoms with Crippen LogP contribution in [-0.4, -0.2) is 40.0 Å². The van der Waals surface area contributed by atoms with E-state index in [0.29, 0.717) is 23.3 Å². The van der Waals surface area contributed by atoms with Gasteiger partial charge in [0.25, 0.3) is 0 Å². The Labute approximate surface area is 283 Å². The summed E-state index contributed by atoms with van der Waals surface area (Å²) < 4.78 is 32.1. The molecule has 0 aliphatic heterocycles. The van der Waals surface area contributed by atoms with Crippen molar-refractivity contribution in [1.29, 1.82) is 0 Å². The number of rotatable bonds is 6. The van der Waals surface area contributed by atoms with E-state index in [9.17, 15) is 8.76 Å². The Kier molecular flexibility index (Phi) is 6.82. The predicted octanol–water partition coefficient (Wildman–Crippen LogP) is 8.99. The van der Waals surface area contributed by atoms with Gasteiger partial charge in [0.15, 0.2) is 22.7 Å². The lowest BCUT2D eigenvalue weighted by Crippen LogP contribution is -2.06. The topological polar surface area (TPSA) is 95.1 Å². The summed E-state index contributed by atoms with van der Waals surface area (Å²) in [6, 6.07) is 46.2. The number of hydrogen-bond acceptors (Lipinski definition) is 5. The van der Waals surface area contributed by atoms with Crippen molar-refractivity contribution in [1.82, 2.24) is 24.1 Å². The van der Waals surface area contributed by atoms with Gasteiger partial charge in [-0.2, -0.15) is 9.97 Å². The molecule has 49 heavy (non-hydrogen) atoms. The SMILES string of the molecule is COc1ccc(-n2c3ccccc3c3cc4c(cc32)c2ccccc2n4-c2nc(-c3ccccc3)nc(-c3ccccc3)n2)cc1S(=O)O. The zero-order valence-corrected chi connectivity index (χ0v) is 27.0. The van der Waals surface area contributed by atoms with Crippen molar-refractivity contribution in [3.05, 3.63) is 140 Å². The van der Waals surface area contributed by atoms with Crippen molar-refractivity contribution in [2.75, 3.05) is 7.11 Å². The number of benzene rings is 6. The molecule has 1 N–H and O–H groups in total. The van der Waals surface area contributed by atoms with E-state index in [0.717, 1.165) is 60.4 Å². The summed E-state index contributed by atoms with van der Waals surface area (Å²) in [5.74, 6) is 2.06. The number of fused-ring (bicyclic) bond motifs is 6. The maximum absolute atomic E-state index is 12.3. The number of aromatic nitrogens is 5. The normalized spacial score (nSPS) is 12.3. The van der Waals surface area contributed by atoms with Gasteiger partial charge < -0.3 is 13.9 Å². The van der Waals surface area contributed by atoms with E-state index in [1.54, 1.807) is 12.1 Å². The molecule has 3 aromatic heterocycles. The Balaban J connectivity index is 1.37. The van der Waals surface area contributed by atoms with Crippen LogP contribution in [0.2, 0.25) is 0 Å². The lowest BCUT2D eigenvalue weighted by molar-refractivity contribution is 0.402. The highest BCUT2D eigenvalue weighted by atomic mass is 32.2. The Morgan fingerprint density at radius 2 is 1.06 bits per heavy atom. The summed E-state index contributed by atoms with van der Waals surface area (Å²) in [6.45, 7) is 0. The molecule has 0 radical (unpaired) electrons. The standard InChI is InChI=1S/C40H27N5O3S/c1-48-36-21-20-27(22-37(36)49(46)47)44-32-18-10-8-16-28(32)30-24-35-31(23-34(30)44)29-17-9-11-19-33(29)45(35)40-42-38(25-12-4-2-5-13-25)41-39(43-40)26-14-6-3-7-15-26/h2-24H,1H3,(H,46,47). The number of hydrogen-bond donors (Lipinski definition) is 1. The van der Waals surface area contributed by atoms with Crippen molar-refractivity contribution >= 4 is 54.7 Å². The van der Waals surface area contributed by atoms with Gasteiger partial charge >= 0.3 is 0 Å². The van der Waals surface area contributed by atoms with Crippen LogP contribution in [0.3, 0.4) is 0 Å². The largest absolute Gasteiger partial charge is 0.495 e. The highest BCUT2D eigenvalue weighted by molar-refractivity contribution is 7.79. The molecule has 0 saturated heterocycles. The van der Waals surface area contributed by atoms with E-state index in [4.69, 9.17) is 19.7 Å². The van der Waals surface area contributed by atoms with Crippen LogP contribution in [0.1, 0.15) is 0 Å². The second-order valence-corrected chi connectivity index (χ2v) is 12.6. The van der Waals surface area contributed by atoms with Crippen molar-refractivity contribution in [2.45, 2.75) is 4.90 Å². The summed E-state index contributed by atoms with van der Waals surface area (Å²) in [7, 11) is 1.50. The molecule has 9 rings (SSSR count). The second kappa shape index (κ2) is 11.5. The average molecular weight is 658 g/mol. The smallest absolute Gasteiger partial charge is 0.238 e. The van der Waals surface area contributed by atoms with Crippen LogP contribution in [0.15, 0.2) is 144 Å². The van der Waals surface area contributed by atoms with E-state index in [1.165, 1.54) is 7.11 Å². The van der Waals surface area contributed by atoms with Crippen molar-refractivity contribution in [2.24, 2.45) is 0 Å². The monoisotopic (exact) mass is 657 g/mol. The van der Waals surface area contributed by atoms with E-state index >= 15 is 0 Å². The fourth-order valence-electron chi connectivity index (χ4n) is 6.76. The summed E-state index contributed by atoms with van der Waals surface area (Å²) in [4.78, 5) is 15.3. The third-order valence-corrected chi connectivity index (χ3v) is 9.64. The third-order valence-electron chi connectivity index (χ3n) is 8.95. The molecule has 0 amide bonds. The Morgan fingerprint density at radius 3 is 1.61 bits per heavy atom. The highest BCUT2D eigenvalue weighted by Crippen LogP contribution is 2.40. The van der Waals surface area contributed by atoms with E-state index < -0.39 is 11.1 Å². The van der Waals surface area contributed by atoms with Gasteiger partial charge in [-0.15, -0.1) is 0 Å². The zero-order valence-electron chi connectivity index (χ0n) is 26.2.